The van der Waals surface area contributed by atoms with Crippen LogP contribution in [0.2, 0.25) is 0 Å². The van der Waals surface area contributed by atoms with Gasteiger partial charge in [0.25, 0.3) is 0 Å². The maximum Gasteiger partial charge on any atom is 0.338 e. The van der Waals surface area contributed by atoms with Crippen LogP contribution in [-0.2, 0) is 9.53 Å². The van der Waals surface area contributed by atoms with Crippen molar-refractivity contribution < 1.29 is 23.8 Å². The second-order valence-electron chi connectivity index (χ2n) is 4.90. The first-order chi connectivity index (χ1) is 11.0. The monoisotopic (exact) mass is 320 g/mol. The summed E-state index contributed by atoms with van der Waals surface area (Å²) in [5.41, 5.74) is 1.40. The van der Waals surface area contributed by atoms with Crippen LogP contribution in [0.4, 0.5) is 4.79 Å². The zero-order chi connectivity index (χ0) is 17.0. The molecular formula is C16H20N2O5. The number of methoxy groups -OCH3 is 2. The fourth-order valence-corrected chi connectivity index (χ4v) is 2.41. The number of ether oxygens (including phenoxy) is 3. The molecule has 0 aromatic heterocycles. The molecule has 1 atom stereocenters. The van der Waals surface area contributed by atoms with Gasteiger partial charge >= 0.3 is 12.0 Å². The molecule has 0 bridgehead atoms. The first kappa shape index (κ1) is 16.7. The zero-order valence-corrected chi connectivity index (χ0v) is 13.6. The Labute approximate surface area is 134 Å². The summed E-state index contributed by atoms with van der Waals surface area (Å²) in [4.78, 5) is 24.0. The average molecular weight is 320 g/mol. The Morgan fingerprint density at radius 3 is 2.52 bits per heavy atom. The lowest BCUT2D eigenvalue weighted by molar-refractivity contribution is -0.138. The number of esters is 1. The largest absolute Gasteiger partial charge is 0.493 e. The highest BCUT2D eigenvalue weighted by Crippen LogP contribution is 2.32. The molecule has 1 unspecified atom stereocenters. The minimum atomic E-state index is -0.475. The van der Waals surface area contributed by atoms with E-state index < -0.39 is 12.0 Å². The topological polar surface area (TPSA) is 85.9 Å². The van der Waals surface area contributed by atoms with Crippen LogP contribution in [-0.4, -0.2) is 38.9 Å². The van der Waals surface area contributed by atoms with Gasteiger partial charge in [-0.05, 0) is 32.0 Å². The van der Waals surface area contributed by atoms with Crippen LogP contribution in [0.3, 0.4) is 0 Å². The molecule has 23 heavy (non-hydrogen) atoms. The lowest BCUT2D eigenvalue weighted by atomic mass is 9.99. The van der Waals surface area contributed by atoms with Crippen molar-refractivity contribution in [1.29, 1.82) is 0 Å². The fraction of sp³-hybridized carbons (Fsp3) is 0.375. The molecule has 7 heteroatoms. The van der Waals surface area contributed by atoms with E-state index in [4.69, 9.17) is 14.2 Å². The first-order valence-electron chi connectivity index (χ1n) is 7.23. The van der Waals surface area contributed by atoms with Crippen LogP contribution in [0.15, 0.2) is 23.8 Å². The number of urea groups is 1. The summed E-state index contributed by atoms with van der Waals surface area (Å²) < 4.78 is 15.6. The van der Waals surface area contributed by atoms with Crippen molar-refractivity contribution >= 4 is 17.7 Å². The highest BCUT2D eigenvalue weighted by Gasteiger charge is 2.30. The number of rotatable bonds is 5. The maximum atomic E-state index is 12.2. The van der Waals surface area contributed by atoms with E-state index in [2.05, 4.69) is 10.6 Å². The van der Waals surface area contributed by atoms with Crippen molar-refractivity contribution in [2.45, 2.75) is 19.9 Å². The molecule has 2 N–H and O–H groups in total. The van der Waals surface area contributed by atoms with E-state index in [0.29, 0.717) is 28.3 Å². The molecule has 1 aliphatic heterocycles. The predicted octanol–water partition coefficient (Wildman–Crippen LogP) is 1.68. The third-order valence-corrected chi connectivity index (χ3v) is 3.46. The molecule has 0 fully saturated rings. The molecule has 0 radical (unpaired) electrons. The van der Waals surface area contributed by atoms with Crippen molar-refractivity contribution in [3.05, 3.63) is 29.3 Å². The number of carbonyl (C=O) groups excluding carboxylic acids is 2. The summed E-state index contributed by atoms with van der Waals surface area (Å²) in [6.07, 6.45) is 0. The second kappa shape index (κ2) is 7.04. The van der Waals surface area contributed by atoms with Crippen molar-refractivity contribution in [2.75, 3.05) is 20.8 Å². The first-order valence-corrected chi connectivity index (χ1v) is 7.23. The average Bonchev–Trinajstić information content (AvgIpc) is 2.53. The Bertz CT molecular complexity index is 654. The van der Waals surface area contributed by atoms with Gasteiger partial charge < -0.3 is 24.8 Å². The molecule has 0 spiro atoms. The zero-order valence-electron chi connectivity index (χ0n) is 13.6. The standard InChI is InChI=1S/C16H20N2O5/c1-5-23-15(19)13-9(2)17-16(20)18-14(13)10-6-7-11(21-3)12(8-10)22-4/h6-9H,5H2,1-4H3,(H2,17,18,20). The molecule has 0 saturated carbocycles. The molecule has 1 aromatic rings. The van der Waals surface area contributed by atoms with Crippen molar-refractivity contribution in [3.63, 3.8) is 0 Å². The molecule has 1 heterocycles. The molecule has 1 aromatic carbocycles. The normalized spacial score (nSPS) is 17.2. The van der Waals surface area contributed by atoms with E-state index in [1.807, 2.05) is 0 Å². The molecule has 2 rings (SSSR count). The van der Waals surface area contributed by atoms with Gasteiger partial charge in [0.1, 0.15) is 0 Å². The van der Waals surface area contributed by atoms with Gasteiger partial charge in [-0.25, -0.2) is 9.59 Å². The number of hydrogen-bond acceptors (Lipinski definition) is 5. The van der Waals surface area contributed by atoms with E-state index >= 15 is 0 Å². The van der Waals surface area contributed by atoms with Crippen molar-refractivity contribution in [3.8, 4) is 11.5 Å². The second-order valence-corrected chi connectivity index (χ2v) is 4.90. The SMILES string of the molecule is CCOC(=O)C1=C(c2ccc(OC)c(OC)c2)NC(=O)NC1C. The summed E-state index contributed by atoms with van der Waals surface area (Å²) in [5, 5.41) is 5.33. The summed E-state index contributed by atoms with van der Waals surface area (Å²) in [6.45, 7) is 3.71. The van der Waals surface area contributed by atoms with Gasteiger partial charge in [-0.15, -0.1) is 0 Å². The minimum absolute atomic E-state index is 0.252. The third kappa shape index (κ3) is 3.39. The summed E-state index contributed by atoms with van der Waals surface area (Å²) in [7, 11) is 3.06. The van der Waals surface area contributed by atoms with Gasteiger partial charge in [0.05, 0.1) is 38.1 Å². The summed E-state index contributed by atoms with van der Waals surface area (Å²) >= 11 is 0. The lowest BCUT2D eigenvalue weighted by Crippen LogP contribution is -2.48. The number of carbonyl (C=O) groups is 2. The van der Waals surface area contributed by atoms with Crippen LogP contribution in [0, 0.1) is 0 Å². The predicted molar refractivity (Wildman–Crippen MR) is 84.2 cm³/mol. The Morgan fingerprint density at radius 2 is 1.91 bits per heavy atom. The van der Waals surface area contributed by atoms with E-state index in [1.54, 1.807) is 32.0 Å². The van der Waals surface area contributed by atoms with Crippen LogP contribution in [0.1, 0.15) is 19.4 Å². The Morgan fingerprint density at radius 1 is 1.22 bits per heavy atom. The molecular weight excluding hydrogens is 300 g/mol. The number of hydrogen-bond donors (Lipinski definition) is 2. The van der Waals surface area contributed by atoms with Crippen molar-refractivity contribution in [2.24, 2.45) is 0 Å². The highest BCUT2D eigenvalue weighted by molar-refractivity contribution is 6.04. The van der Waals surface area contributed by atoms with Gasteiger partial charge in [-0.3, -0.25) is 0 Å². The van der Waals surface area contributed by atoms with Gasteiger partial charge in [0.2, 0.25) is 0 Å². The summed E-state index contributed by atoms with van der Waals surface area (Å²) in [5.74, 6) is 0.585. The number of amides is 2. The van der Waals surface area contributed by atoms with E-state index in [9.17, 15) is 9.59 Å². The number of nitrogens with one attached hydrogen (secondary N) is 2. The van der Waals surface area contributed by atoms with Crippen LogP contribution < -0.4 is 20.1 Å². The Balaban J connectivity index is 2.56. The maximum absolute atomic E-state index is 12.2. The quantitative estimate of drug-likeness (QED) is 0.806. The summed E-state index contributed by atoms with van der Waals surface area (Å²) in [6, 6.07) is 4.31. The van der Waals surface area contributed by atoms with E-state index in [-0.39, 0.29) is 12.6 Å². The van der Waals surface area contributed by atoms with Gasteiger partial charge in [0.15, 0.2) is 11.5 Å². The van der Waals surface area contributed by atoms with Crippen LogP contribution >= 0.6 is 0 Å². The fourth-order valence-electron chi connectivity index (χ4n) is 2.41. The molecule has 124 valence electrons. The smallest absolute Gasteiger partial charge is 0.338 e. The van der Waals surface area contributed by atoms with Crippen LogP contribution in [0.25, 0.3) is 5.70 Å². The van der Waals surface area contributed by atoms with E-state index in [0.717, 1.165) is 0 Å². The molecule has 7 nitrogen and oxygen atoms in total. The number of benzene rings is 1. The molecule has 1 aliphatic rings. The molecule has 0 saturated heterocycles. The van der Waals surface area contributed by atoms with Gasteiger partial charge in [-0.1, -0.05) is 0 Å². The third-order valence-electron chi connectivity index (χ3n) is 3.46. The minimum Gasteiger partial charge on any atom is -0.493 e. The highest BCUT2D eigenvalue weighted by atomic mass is 16.5. The van der Waals surface area contributed by atoms with Crippen molar-refractivity contribution in [1.82, 2.24) is 10.6 Å². The Hall–Kier alpha value is -2.70. The molecule has 2 amide bonds. The van der Waals surface area contributed by atoms with Crippen LogP contribution in [0.5, 0.6) is 11.5 Å². The van der Waals surface area contributed by atoms with Gasteiger partial charge in [0, 0.05) is 5.56 Å². The molecule has 0 aliphatic carbocycles. The Kier molecular flexibility index (Phi) is 5.10. The lowest BCUT2D eigenvalue weighted by Gasteiger charge is -2.27. The van der Waals surface area contributed by atoms with Gasteiger partial charge in [-0.2, -0.15) is 0 Å². The van der Waals surface area contributed by atoms with E-state index in [1.165, 1.54) is 14.2 Å².